The maximum Gasteiger partial charge on any atom is 0.262 e. The van der Waals surface area contributed by atoms with Gasteiger partial charge in [-0.15, -0.1) is 0 Å². The molecule has 0 radical (unpaired) electrons. The summed E-state index contributed by atoms with van der Waals surface area (Å²) in [5.41, 5.74) is 1.46. The van der Waals surface area contributed by atoms with Crippen LogP contribution in [0.5, 0.6) is 0 Å². The van der Waals surface area contributed by atoms with E-state index in [0.717, 1.165) is 5.56 Å². The van der Waals surface area contributed by atoms with Gasteiger partial charge in [0.05, 0.1) is 4.90 Å². The molecule has 2 heterocycles. The van der Waals surface area contributed by atoms with Crippen LogP contribution in [0.2, 0.25) is 0 Å². The highest BCUT2D eigenvalue weighted by molar-refractivity contribution is 7.93. The molecular formula is C7H7NO2S. The fraction of sp³-hybridized carbons (Fsp3) is 0.143. The molecule has 0 aromatic heterocycles. The van der Waals surface area contributed by atoms with Gasteiger partial charge in [-0.3, -0.25) is 4.72 Å². The second-order valence-corrected chi connectivity index (χ2v) is 4.24. The van der Waals surface area contributed by atoms with Crippen molar-refractivity contribution < 1.29 is 8.42 Å². The van der Waals surface area contributed by atoms with Gasteiger partial charge in [0.1, 0.15) is 0 Å². The number of fused-ring (bicyclic) bond motifs is 3. The summed E-state index contributed by atoms with van der Waals surface area (Å²) in [7, 11) is -3.20. The standard InChI is InChI=1S/C7H7NO2S/c1-5-4-6-2-3-7(5)11(9,10)8-6/h2-4,8H,1H3. The minimum Gasteiger partial charge on any atom is -0.280 e. The normalized spacial score (nSPS) is 17.9. The van der Waals surface area contributed by atoms with E-state index in [2.05, 4.69) is 4.72 Å². The Balaban J connectivity index is 2.88. The molecule has 1 aromatic carbocycles. The van der Waals surface area contributed by atoms with Crippen LogP contribution < -0.4 is 4.72 Å². The topological polar surface area (TPSA) is 46.2 Å². The Bertz CT molecular complexity index is 408. The Hall–Kier alpha value is -1.03. The van der Waals surface area contributed by atoms with Gasteiger partial charge in [0, 0.05) is 5.69 Å². The third-order valence-electron chi connectivity index (χ3n) is 1.72. The van der Waals surface area contributed by atoms with E-state index in [0.29, 0.717) is 10.6 Å². The average molecular weight is 169 g/mol. The van der Waals surface area contributed by atoms with Gasteiger partial charge in [-0.2, -0.15) is 0 Å². The monoisotopic (exact) mass is 169 g/mol. The van der Waals surface area contributed by atoms with Crippen molar-refractivity contribution in [3.8, 4) is 0 Å². The predicted octanol–water partition coefficient (Wildman–Crippen LogP) is 1.11. The molecule has 0 aliphatic carbocycles. The van der Waals surface area contributed by atoms with Crippen molar-refractivity contribution in [2.45, 2.75) is 11.8 Å². The number of sulfonamides is 1. The molecule has 3 rings (SSSR count). The third kappa shape index (κ3) is 0.826. The summed E-state index contributed by atoms with van der Waals surface area (Å²) in [6, 6.07) is 5.19. The molecule has 0 saturated carbocycles. The molecule has 0 amide bonds. The van der Waals surface area contributed by atoms with Gasteiger partial charge < -0.3 is 0 Å². The van der Waals surface area contributed by atoms with Crippen LogP contribution in [-0.2, 0) is 10.0 Å². The first-order chi connectivity index (χ1) is 5.09. The van der Waals surface area contributed by atoms with Gasteiger partial charge in [0.15, 0.2) is 0 Å². The van der Waals surface area contributed by atoms with E-state index in [1.54, 1.807) is 19.1 Å². The van der Waals surface area contributed by atoms with E-state index in [1.807, 2.05) is 6.07 Å². The zero-order valence-corrected chi connectivity index (χ0v) is 6.77. The van der Waals surface area contributed by atoms with Crippen LogP contribution in [0.25, 0.3) is 0 Å². The fourth-order valence-corrected chi connectivity index (χ4v) is 2.50. The first-order valence-corrected chi connectivity index (χ1v) is 4.71. The number of anilines is 1. The number of aryl methyl sites for hydroxylation is 1. The Morgan fingerprint density at radius 2 is 2.09 bits per heavy atom. The molecule has 11 heavy (non-hydrogen) atoms. The van der Waals surface area contributed by atoms with Gasteiger partial charge in [0.25, 0.3) is 10.0 Å². The molecule has 1 N–H and O–H groups in total. The van der Waals surface area contributed by atoms with Crippen molar-refractivity contribution in [3.05, 3.63) is 23.8 Å². The van der Waals surface area contributed by atoms with E-state index in [9.17, 15) is 8.42 Å². The zero-order chi connectivity index (χ0) is 8.06. The van der Waals surface area contributed by atoms with Crippen LogP contribution in [0.3, 0.4) is 0 Å². The fourth-order valence-electron chi connectivity index (χ4n) is 1.22. The van der Waals surface area contributed by atoms with Gasteiger partial charge in [-0.05, 0) is 30.7 Å². The minimum absolute atomic E-state index is 0.382. The molecule has 2 bridgehead atoms. The lowest BCUT2D eigenvalue weighted by molar-refractivity contribution is 0.599. The molecule has 0 spiro atoms. The molecule has 2 aliphatic rings. The molecule has 58 valence electrons. The van der Waals surface area contributed by atoms with Crippen LogP contribution in [0.15, 0.2) is 23.1 Å². The average Bonchev–Trinajstić information content (AvgIpc) is 1.83. The van der Waals surface area contributed by atoms with E-state index in [-0.39, 0.29) is 0 Å². The van der Waals surface area contributed by atoms with Crippen molar-refractivity contribution in [3.63, 3.8) is 0 Å². The number of nitrogens with one attached hydrogen (secondary N) is 1. The quantitative estimate of drug-likeness (QED) is 0.632. The summed E-state index contributed by atoms with van der Waals surface area (Å²) in [4.78, 5) is 0.382. The molecule has 0 unspecified atom stereocenters. The first kappa shape index (κ1) is 6.67. The summed E-state index contributed by atoms with van der Waals surface area (Å²) in [6.07, 6.45) is 0. The van der Waals surface area contributed by atoms with Crippen molar-refractivity contribution in [1.82, 2.24) is 0 Å². The molecule has 3 nitrogen and oxygen atoms in total. The summed E-state index contributed by atoms with van der Waals surface area (Å²) in [6.45, 7) is 1.79. The predicted molar refractivity (Wildman–Crippen MR) is 42.0 cm³/mol. The smallest absolute Gasteiger partial charge is 0.262 e. The molecule has 0 atom stereocenters. The second-order valence-electron chi connectivity index (χ2n) is 2.59. The molecule has 0 fully saturated rings. The lowest BCUT2D eigenvalue weighted by Gasteiger charge is -2.17. The van der Waals surface area contributed by atoms with Crippen molar-refractivity contribution in [2.75, 3.05) is 4.72 Å². The summed E-state index contributed by atoms with van der Waals surface area (Å²) >= 11 is 0. The van der Waals surface area contributed by atoms with Crippen LogP contribution in [0.4, 0.5) is 5.69 Å². The Kier molecular flexibility index (Phi) is 1.07. The Labute approximate surface area is 65.1 Å². The molecule has 2 aliphatic heterocycles. The molecule has 4 heteroatoms. The van der Waals surface area contributed by atoms with Crippen molar-refractivity contribution in [1.29, 1.82) is 0 Å². The van der Waals surface area contributed by atoms with Gasteiger partial charge in [-0.25, -0.2) is 8.42 Å². The zero-order valence-electron chi connectivity index (χ0n) is 5.96. The Morgan fingerprint density at radius 3 is 2.45 bits per heavy atom. The Morgan fingerprint density at radius 1 is 1.36 bits per heavy atom. The van der Waals surface area contributed by atoms with Crippen molar-refractivity contribution in [2.24, 2.45) is 0 Å². The second kappa shape index (κ2) is 1.76. The van der Waals surface area contributed by atoms with Crippen molar-refractivity contribution >= 4 is 15.7 Å². The summed E-state index contributed by atoms with van der Waals surface area (Å²) in [5, 5.41) is 0. The van der Waals surface area contributed by atoms with E-state index < -0.39 is 10.0 Å². The number of hydrogen-bond donors (Lipinski definition) is 1. The molecule has 0 saturated heterocycles. The molecule has 1 aromatic rings. The number of hydrogen-bond acceptors (Lipinski definition) is 2. The lowest BCUT2D eigenvalue weighted by Crippen LogP contribution is -2.18. The lowest BCUT2D eigenvalue weighted by atomic mass is 10.2. The maximum atomic E-state index is 11.2. The summed E-state index contributed by atoms with van der Waals surface area (Å²) in [5.74, 6) is 0. The van der Waals surface area contributed by atoms with Gasteiger partial charge in [-0.1, -0.05) is 0 Å². The SMILES string of the molecule is Cc1cc2ccc1S(=O)(=O)N2. The van der Waals surface area contributed by atoms with Crippen LogP contribution >= 0.6 is 0 Å². The highest BCUT2D eigenvalue weighted by Gasteiger charge is 2.22. The maximum absolute atomic E-state index is 11.2. The highest BCUT2D eigenvalue weighted by atomic mass is 32.2. The summed E-state index contributed by atoms with van der Waals surface area (Å²) < 4.78 is 24.8. The largest absolute Gasteiger partial charge is 0.280 e. The third-order valence-corrected chi connectivity index (χ3v) is 3.26. The number of benzene rings is 1. The van der Waals surface area contributed by atoms with Gasteiger partial charge >= 0.3 is 0 Å². The van der Waals surface area contributed by atoms with E-state index in [4.69, 9.17) is 0 Å². The first-order valence-electron chi connectivity index (χ1n) is 3.23. The van der Waals surface area contributed by atoms with Crippen LogP contribution in [0, 0.1) is 6.92 Å². The van der Waals surface area contributed by atoms with E-state index in [1.165, 1.54) is 0 Å². The van der Waals surface area contributed by atoms with E-state index >= 15 is 0 Å². The minimum atomic E-state index is -3.20. The van der Waals surface area contributed by atoms with Crippen LogP contribution in [-0.4, -0.2) is 8.42 Å². The van der Waals surface area contributed by atoms with Crippen LogP contribution in [0.1, 0.15) is 5.56 Å². The molecular weight excluding hydrogens is 162 g/mol. The highest BCUT2D eigenvalue weighted by Crippen LogP contribution is 2.27. The van der Waals surface area contributed by atoms with Gasteiger partial charge in [0.2, 0.25) is 0 Å². The number of rotatable bonds is 0.